The van der Waals surface area contributed by atoms with Gasteiger partial charge in [0.25, 0.3) is 0 Å². The second-order valence-corrected chi connectivity index (χ2v) is 7.12. The van der Waals surface area contributed by atoms with Gasteiger partial charge in [0.05, 0.1) is 31.9 Å². The van der Waals surface area contributed by atoms with Crippen LogP contribution in [0.5, 0.6) is 17.2 Å². The van der Waals surface area contributed by atoms with Crippen LogP contribution in [0, 0.1) is 5.92 Å². The number of carbonyl (C=O) groups excluding carboxylic acids is 2. The van der Waals surface area contributed by atoms with Crippen molar-refractivity contribution in [1.29, 1.82) is 0 Å². The summed E-state index contributed by atoms with van der Waals surface area (Å²) in [5.41, 5.74) is 1.29. The highest BCUT2D eigenvalue weighted by Crippen LogP contribution is 2.36. The van der Waals surface area contributed by atoms with Gasteiger partial charge < -0.3 is 24.4 Å². The summed E-state index contributed by atoms with van der Waals surface area (Å²) in [6, 6.07) is 12.4. The van der Waals surface area contributed by atoms with Gasteiger partial charge in [-0.15, -0.1) is 0 Å². The zero-order valence-corrected chi connectivity index (χ0v) is 17.1. The number of amides is 2. The average Bonchev–Trinajstić information content (AvgIpc) is 3.10. The quantitative estimate of drug-likeness (QED) is 0.773. The van der Waals surface area contributed by atoms with E-state index in [0.29, 0.717) is 29.4 Å². The van der Waals surface area contributed by atoms with Gasteiger partial charge in [0.15, 0.2) is 0 Å². The Morgan fingerprint density at radius 3 is 2.38 bits per heavy atom. The molecule has 3 rings (SSSR count). The Kier molecular flexibility index (Phi) is 6.26. The van der Waals surface area contributed by atoms with Crippen molar-refractivity contribution in [2.24, 2.45) is 5.92 Å². The maximum Gasteiger partial charge on any atom is 0.229 e. The van der Waals surface area contributed by atoms with Crippen molar-refractivity contribution in [3.63, 3.8) is 0 Å². The van der Waals surface area contributed by atoms with Crippen LogP contribution in [-0.2, 0) is 9.59 Å². The summed E-state index contributed by atoms with van der Waals surface area (Å²) in [6.07, 6.45) is 0.233. The van der Waals surface area contributed by atoms with Crippen LogP contribution in [0.25, 0.3) is 0 Å². The van der Waals surface area contributed by atoms with E-state index in [0.717, 1.165) is 5.75 Å². The monoisotopic (exact) mass is 398 g/mol. The average molecular weight is 398 g/mol. The first-order valence-electron chi connectivity index (χ1n) is 9.51. The first kappa shape index (κ1) is 20.5. The number of hydrogen-bond acceptors (Lipinski definition) is 5. The van der Waals surface area contributed by atoms with Crippen molar-refractivity contribution in [3.05, 3.63) is 42.5 Å². The summed E-state index contributed by atoms with van der Waals surface area (Å²) in [7, 11) is 3.10. The lowest BCUT2D eigenvalue weighted by Crippen LogP contribution is -2.28. The van der Waals surface area contributed by atoms with E-state index in [1.165, 1.54) is 7.11 Å². The van der Waals surface area contributed by atoms with Gasteiger partial charge >= 0.3 is 0 Å². The highest BCUT2D eigenvalue weighted by atomic mass is 16.5. The molecule has 0 bridgehead atoms. The molecule has 1 heterocycles. The fourth-order valence-corrected chi connectivity index (χ4v) is 3.26. The Bertz CT molecular complexity index is 879. The summed E-state index contributed by atoms with van der Waals surface area (Å²) in [4.78, 5) is 26.8. The highest BCUT2D eigenvalue weighted by Gasteiger charge is 2.36. The van der Waals surface area contributed by atoms with E-state index >= 15 is 0 Å². The minimum Gasteiger partial charge on any atom is -0.497 e. The number of carbonyl (C=O) groups is 2. The Balaban J connectivity index is 1.67. The lowest BCUT2D eigenvalue weighted by atomic mass is 10.1. The summed E-state index contributed by atoms with van der Waals surface area (Å²) < 4.78 is 16.2. The van der Waals surface area contributed by atoms with Gasteiger partial charge in [0.1, 0.15) is 17.2 Å². The molecule has 1 fully saturated rings. The predicted octanol–water partition coefficient (Wildman–Crippen LogP) is 3.48. The van der Waals surface area contributed by atoms with Crippen LogP contribution in [0.2, 0.25) is 0 Å². The van der Waals surface area contributed by atoms with Crippen LogP contribution in [-0.4, -0.2) is 38.7 Å². The van der Waals surface area contributed by atoms with Crippen LogP contribution in [0.4, 0.5) is 11.4 Å². The zero-order chi connectivity index (χ0) is 21.0. The van der Waals surface area contributed by atoms with Crippen LogP contribution in [0.1, 0.15) is 20.3 Å². The van der Waals surface area contributed by atoms with Crippen molar-refractivity contribution in [2.75, 3.05) is 31.0 Å². The molecule has 0 aliphatic carbocycles. The molecule has 0 saturated carbocycles. The van der Waals surface area contributed by atoms with Gasteiger partial charge in [-0.2, -0.15) is 0 Å². The van der Waals surface area contributed by atoms with E-state index in [2.05, 4.69) is 5.32 Å². The van der Waals surface area contributed by atoms with Crippen LogP contribution < -0.4 is 24.4 Å². The molecular formula is C22H26N2O5. The smallest absolute Gasteiger partial charge is 0.229 e. The zero-order valence-electron chi connectivity index (χ0n) is 17.1. The molecule has 2 amide bonds. The number of hydrogen-bond donors (Lipinski definition) is 1. The third-order valence-corrected chi connectivity index (χ3v) is 4.67. The lowest BCUT2D eigenvalue weighted by Gasteiger charge is -2.20. The van der Waals surface area contributed by atoms with E-state index in [4.69, 9.17) is 14.2 Å². The Hall–Kier alpha value is -3.22. The molecule has 7 heteroatoms. The summed E-state index contributed by atoms with van der Waals surface area (Å²) in [5, 5.41) is 2.88. The van der Waals surface area contributed by atoms with Crippen molar-refractivity contribution in [1.82, 2.24) is 0 Å². The number of anilines is 2. The fraction of sp³-hybridized carbons (Fsp3) is 0.364. The van der Waals surface area contributed by atoms with Crippen molar-refractivity contribution in [3.8, 4) is 17.2 Å². The minimum atomic E-state index is -0.444. The molecule has 7 nitrogen and oxygen atoms in total. The predicted molar refractivity (Wildman–Crippen MR) is 111 cm³/mol. The van der Waals surface area contributed by atoms with Crippen LogP contribution >= 0.6 is 0 Å². The maximum atomic E-state index is 12.7. The molecule has 1 atom stereocenters. The Labute approximate surface area is 170 Å². The van der Waals surface area contributed by atoms with Crippen molar-refractivity contribution in [2.45, 2.75) is 26.4 Å². The summed E-state index contributed by atoms with van der Waals surface area (Å²) in [6.45, 7) is 4.20. The van der Waals surface area contributed by atoms with E-state index in [1.54, 1.807) is 42.3 Å². The molecule has 0 spiro atoms. The normalized spacial score (nSPS) is 16.1. The molecule has 2 aromatic carbocycles. The van der Waals surface area contributed by atoms with Gasteiger partial charge in [-0.3, -0.25) is 9.59 Å². The molecule has 0 radical (unpaired) electrons. The number of rotatable bonds is 7. The van der Waals surface area contributed by atoms with Gasteiger partial charge in [0, 0.05) is 24.7 Å². The first-order chi connectivity index (χ1) is 13.9. The minimum absolute atomic E-state index is 0.0841. The van der Waals surface area contributed by atoms with Gasteiger partial charge in [-0.1, -0.05) is 0 Å². The highest BCUT2D eigenvalue weighted by molar-refractivity contribution is 6.04. The largest absolute Gasteiger partial charge is 0.497 e. The Morgan fingerprint density at radius 1 is 1.07 bits per heavy atom. The third kappa shape index (κ3) is 4.80. The van der Waals surface area contributed by atoms with Gasteiger partial charge in [-0.05, 0) is 50.2 Å². The lowest BCUT2D eigenvalue weighted by molar-refractivity contribution is -0.122. The Morgan fingerprint density at radius 2 is 1.76 bits per heavy atom. The molecule has 1 aliphatic rings. The molecule has 29 heavy (non-hydrogen) atoms. The second-order valence-electron chi connectivity index (χ2n) is 7.12. The third-order valence-electron chi connectivity index (χ3n) is 4.67. The van der Waals surface area contributed by atoms with Crippen LogP contribution in [0.3, 0.4) is 0 Å². The maximum absolute atomic E-state index is 12.7. The van der Waals surface area contributed by atoms with E-state index < -0.39 is 5.92 Å². The SMILES string of the molecule is COc1ccc(N2CC(C(=O)Nc3ccc(OC(C)C)cc3)CC2=O)c(OC)c1. The summed E-state index contributed by atoms with van der Waals surface area (Å²) >= 11 is 0. The molecule has 1 unspecified atom stereocenters. The molecule has 1 N–H and O–H groups in total. The second kappa shape index (κ2) is 8.86. The van der Waals surface area contributed by atoms with E-state index in [1.807, 2.05) is 26.0 Å². The van der Waals surface area contributed by atoms with Crippen molar-refractivity contribution >= 4 is 23.2 Å². The number of methoxy groups -OCH3 is 2. The van der Waals surface area contributed by atoms with E-state index in [-0.39, 0.29) is 24.3 Å². The topological polar surface area (TPSA) is 77.1 Å². The number of ether oxygens (including phenoxy) is 3. The molecule has 1 aliphatic heterocycles. The number of benzene rings is 2. The number of nitrogens with zero attached hydrogens (tertiary/aromatic N) is 1. The molecule has 154 valence electrons. The van der Waals surface area contributed by atoms with Crippen LogP contribution in [0.15, 0.2) is 42.5 Å². The molecule has 1 saturated heterocycles. The molecule has 0 aromatic heterocycles. The summed E-state index contributed by atoms with van der Waals surface area (Å²) in [5.74, 6) is 1.16. The standard InChI is InChI=1S/C22H26N2O5/c1-14(2)29-17-7-5-16(6-8-17)23-22(26)15-11-21(25)24(13-15)19-10-9-18(27-3)12-20(19)28-4/h5-10,12,14-15H,11,13H2,1-4H3,(H,23,26). The first-order valence-corrected chi connectivity index (χ1v) is 9.51. The molecule has 2 aromatic rings. The van der Waals surface area contributed by atoms with Gasteiger partial charge in [-0.25, -0.2) is 0 Å². The van der Waals surface area contributed by atoms with Gasteiger partial charge in [0.2, 0.25) is 11.8 Å². The van der Waals surface area contributed by atoms with E-state index in [9.17, 15) is 9.59 Å². The van der Waals surface area contributed by atoms with Crippen molar-refractivity contribution < 1.29 is 23.8 Å². The molecular weight excluding hydrogens is 372 g/mol. The number of nitrogens with one attached hydrogen (secondary N) is 1. The fourth-order valence-electron chi connectivity index (χ4n) is 3.26.